The highest BCUT2D eigenvalue weighted by atomic mass is 32.1. The third-order valence-electron chi connectivity index (χ3n) is 5.69. The minimum Gasteiger partial charge on any atom is -0.480 e. The molecule has 0 radical (unpaired) electrons. The number of hydrogen-bond donors (Lipinski definition) is 1. The molecule has 0 bridgehead atoms. The van der Waals surface area contributed by atoms with Gasteiger partial charge < -0.3 is 14.2 Å². The molecule has 11 heteroatoms. The SMILES string of the molecule is CCCc1c(OCOC(=O)Nc2cccnc2)c(F)cc2nc(-c3cc(C)cc4nc(OC)cnc34)sc12. The molecule has 5 aromatic rings. The van der Waals surface area contributed by atoms with Crippen LogP contribution >= 0.6 is 11.3 Å². The molecule has 0 saturated heterocycles. The monoisotopic (exact) mass is 533 g/mol. The molecule has 0 aliphatic carbocycles. The van der Waals surface area contributed by atoms with E-state index in [-0.39, 0.29) is 5.75 Å². The van der Waals surface area contributed by atoms with E-state index in [1.54, 1.807) is 31.6 Å². The Morgan fingerprint density at radius 3 is 2.79 bits per heavy atom. The quantitative estimate of drug-likeness (QED) is 0.232. The topological polar surface area (TPSA) is 108 Å². The highest BCUT2D eigenvalue weighted by molar-refractivity contribution is 7.22. The fourth-order valence-corrected chi connectivity index (χ4v) is 5.20. The summed E-state index contributed by atoms with van der Waals surface area (Å²) in [6.45, 7) is 3.50. The molecule has 3 heterocycles. The van der Waals surface area contributed by atoms with Crippen molar-refractivity contribution in [1.82, 2.24) is 19.9 Å². The fraction of sp³-hybridized carbons (Fsp3) is 0.222. The van der Waals surface area contributed by atoms with Gasteiger partial charge in [0.2, 0.25) is 12.7 Å². The third-order valence-corrected chi connectivity index (χ3v) is 6.86. The van der Waals surface area contributed by atoms with Crippen LogP contribution in [0.5, 0.6) is 11.6 Å². The van der Waals surface area contributed by atoms with E-state index in [4.69, 9.17) is 19.2 Å². The number of methoxy groups -OCH3 is 1. The number of thiazole rings is 1. The Labute approximate surface area is 221 Å². The molecule has 3 aromatic heterocycles. The van der Waals surface area contributed by atoms with E-state index in [1.807, 2.05) is 26.0 Å². The predicted molar refractivity (Wildman–Crippen MR) is 143 cm³/mol. The first-order valence-electron chi connectivity index (χ1n) is 11.9. The molecule has 0 fully saturated rings. The van der Waals surface area contributed by atoms with E-state index in [0.717, 1.165) is 22.2 Å². The minimum absolute atomic E-state index is 0.0438. The van der Waals surface area contributed by atoms with E-state index >= 15 is 4.39 Å². The first-order valence-corrected chi connectivity index (χ1v) is 12.7. The van der Waals surface area contributed by atoms with Crippen LogP contribution in [0.15, 0.2) is 48.9 Å². The molecule has 0 atom stereocenters. The van der Waals surface area contributed by atoms with Crippen molar-refractivity contribution in [2.24, 2.45) is 0 Å². The minimum atomic E-state index is -0.735. The van der Waals surface area contributed by atoms with E-state index in [9.17, 15) is 4.79 Å². The molecular formula is C27H24FN5O4S. The molecule has 194 valence electrons. The molecular weight excluding hydrogens is 509 g/mol. The van der Waals surface area contributed by atoms with Crippen LogP contribution in [0.1, 0.15) is 24.5 Å². The molecule has 2 aromatic carbocycles. The number of pyridine rings is 1. The Hall–Kier alpha value is -4.38. The Balaban J connectivity index is 1.46. The van der Waals surface area contributed by atoms with Crippen LogP contribution in [0.4, 0.5) is 14.9 Å². The van der Waals surface area contributed by atoms with Crippen molar-refractivity contribution in [1.29, 1.82) is 0 Å². The second-order valence-electron chi connectivity index (χ2n) is 8.44. The van der Waals surface area contributed by atoms with Gasteiger partial charge in [-0.05, 0) is 43.2 Å². The van der Waals surface area contributed by atoms with Gasteiger partial charge in [-0.3, -0.25) is 10.3 Å². The lowest BCUT2D eigenvalue weighted by Crippen LogP contribution is -2.17. The number of halogens is 1. The average molecular weight is 534 g/mol. The number of carbonyl (C=O) groups is 1. The summed E-state index contributed by atoms with van der Waals surface area (Å²) in [5.74, 6) is -0.112. The van der Waals surface area contributed by atoms with Crippen LogP contribution in [0.2, 0.25) is 0 Å². The molecule has 1 amide bonds. The lowest BCUT2D eigenvalue weighted by molar-refractivity contribution is 0.0655. The summed E-state index contributed by atoms with van der Waals surface area (Å²) >= 11 is 1.43. The summed E-state index contributed by atoms with van der Waals surface area (Å²) in [5, 5.41) is 3.22. The summed E-state index contributed by atoms with van der Waals surface area (Å²) in [7, 11) is 1.54. The van der Waals surface area contributed by atoms with Gasteiger partial charge in [0.15, 0.2) is 11.6 Å². The molecule has 0 spiro atoms. The van der Waals surface area contributed by atoms with Crippen LogP contribution in [0.25, 0.3) is 31.8 Å². The third kappa shape index (κ3) is 5.18. The maximum absolute atomic E-state index is 15.2. The van der Waals surface area contributed by atoms with E-state index < -0.39 is 18.7 Å². The number of rotatable bonds is 8. The number of hydrogen-bond acceptors (Lipinski definition) is 9. The molecule has 1 N–H and O–H groups in total. The van der Waals surface area contributed by atoms with Crippen molar-refractivity contribution >= 4 is 44.4 Å². The number of nitrogens with zero attached hydrogens (tertiary/aromatic N) is 4. The summed E-state index contributed by atoms with van der Waals surface area (Å²) in [6, 6.07) is 8.61. The van der Waals surface area contributed by atoms with Gasteiger partial charge >= 0.3 is 6.09 Å². The molecule has 0 aliphatic rings. The molecule has 0 aliphatic heterocycles. The van der Waals surface area contributed by atoms with Gasteiger partial charge in [-0.1, -0.05) is 13.3 Å². The lowest BCUT2D eigenvalue weighted by Gasteiger charge is -2.13. The molecule has 38 heavy (non-hydrogen) atoms. The first-order chi connectivity index (χ1) is 18.5. The van der Waals surface area contributed by atoms with Crippen molar-refractivity contribution in [3.8, 4) is 22.2 Å². The number of aryl methyl sites for hydroxylation is 2. The van der Waals surface area contributed by atoms with Crippen LogP contribution in [-0.2, 0) is 11.2 Å². The Morgan fingerprint density at radius 1 is 1.16 bits per heavy atom. The molecule has 5 rings (SSSR count). The fourth-order valence-electron chi connectivity index (χ4n) is 4.07. The van der Waals surface area contributed by atoms with E-state index in [2.05, 4.69) is 20.3 Å². The van der Waals surface area contributed by atoms with Crippen molar-refractivity contribution in [3.05, 3.63) is 65.9 Å². The summed E-state index contributed by atoms with van der Waals surface area (Å²) in [6.07, 6.45) is 5.20. The number of benzene rings is 2. The number of fused-ring (bicyclic) bond motifs is 2. The number of amides is 1. The highest BCUT2D eigenvalue weighted by Crippen LogP contribution is 2.40. The van der Waals surface area contributed by atoms with Gasteiger partial charge in [0.25, 0.3) is 0 Å². The molecule has 0 unspecified atom stereocenters. The standard InChI is InChI=1S/C27H24FN5O4S/c1-4-6-17-24(36-14-37-27(34)31-16-7-5-8-29-12-16)19(28)11-21-25(17)38-26(33-21)18-9-15(2)10-20-23(18)30-13-22(32-20)35-3/h5,7-13H,4,6,14H2,1-3H3,(H,31,34). The number of carbonyl (C=O) groups excluding carboxylic acids is 1. The van der Waals surface area contributed by atoms with Crippen molar-refractivity contribution < 1.29 is 23.4 Å². The van der Waals surface area contributed by atoms with E-state index in [0.29, 0.717) is 45.1 Å². The van der Waals surface area contributed by atoms with Gasteiger partial charge in [0.05, 0.1) is 46.4 Å². The van der Waals surface area contributed by atoms with Crippen molar-refractivity contribution in [2.75, 3.05) is 19.2 Å². The summed E-state index contributed by atoms with van der Waals surface area (Å²) in [4.78, 5) is 29.8. The Kier molecular flexibility index (Phi) is 7.27. The van der Waals surface area contributed by atoms with E-state index in [1.165, 1.54) is 23.6 Å². The average Bonchev–Trinajstić information content (AvgIpc) is 3.33. The predicted octanol–water partition coefficient (Wildman–Crippen LogP) is 6.30. The lowest BCUT2D eigenvalue weighted by atomic mass is 10.1. The van der Waals surface area contributed by atoms with Gasteiger partial charge in [-0.15, -0.1) is 11.3 Å². The molecule has 0 saturated carbocycles. The maximum atomic E-state index is 15.2. The zero-order valence-electron chi connectivity index (χ0n) is 20.9. The number of nitrogens with one attached hydrogen (secondary N) is 1. The number of aromatic nitrogens is 4. The van der Waals surface area contributed by atoms with Crippen molar-refractivity contribution in [3.63, 3.8) is 0 Å². The van der Waals surface area contributed by atoms with Crippen LogP contribution < -0.4 is 14.8 Å². The molecule has 9 nitrogen and oxygen atoms in total. The Morgan fingerprint density at radius 2 is 2.03 bits per heavy atom. The zero-order chi connectivity index (χ0) is 26.6. The highest BCUT2D eigenvalue weighted by Gasteiger charge is 2.21. The maximum Gasteiger partial charge on any atom is 0.414 e. The van der Waals surface area contributed by atoms with Crippen LogP contribution in [-0.4, -0.2) is 39.9 Å². The van der Waals surface area contributed by atoms with Gasteiger partial charge in [0, 0.05) is 23.4 Å². The second-order valence-corrected chi connectivity index (χ2v) is 9.44. The number of anilines is 1. The van der Waals surface area contributed by atoms with Crippen molar-refractivity contribution in [2.45, 2.75) is 26.7 Å². The Bertz CT molecular complexity index is 1630. The van der Waals surface area contributed by atoms with Gasteiger partial charge in [-0.25, -0.2) is 24.1 Å². The largest absolute Gasteiger partial charge is 0.480 e. The van der Waals surface area contributed by atoms with Gasteiger partial charge in [0.1, 0.15) is 5.01 Å². The van der Waals surface area contributed by atoms with Gasteiger partial charge in [-0.2, -0.15) is 0 Å². The van der Waals surface area contributed by atoms with Crippen LogP contribution in [0.3, 0.4) is 0 Å². The zero-order valence-corrected chi connectivity index (χ0v) is 21.8. The summed E-state index contributed by atoms with van der Waals surface area (Å²) < 4.78 is 32.0. The second kappa shape index (κ2) is 10.9. The summed E-state index contributed by atoms with van der Waals surface area (Å²) in [5.41, 5.74) is 4.82. The normalized spacial score (nSPS) is 11.1. The number of ether oxygens (including phenoxy) is 3. The smallest absolute Gasteiger partial charge is 0.414 e. The van der Waals surface area contributed by atoms with Crippen LogP contribution in [0, 0.1) is 12.7 Å². The first kappa shape index (κ1) is 25.3.